The molecule has 29 heavy (non-hydrogen) atoms. The summed E-state index contributed by atoms with van der Waals surface area (Å²) in [5.74, 6) is 2.57. The van der Waals surface area contributed by atoms with Crippen LogP contribution in [0.3, 0.4) is 0 Å². The maximum atomic E-state index is 5.62. The average Bonchev–Trinajstić information content (AvgIpc) is 3.21. The minimum absolute atomic E-state index is 0.476. The van der Waals surface area contributed by atoms with Gasteiger partial charge in [0, 0.05) is 24.4 Å². The van der Waals surface area contributed by atoms with Gasteiger partial charge in [-0.3, -0.25) is 4.99 Å². The molecule has 0 saturated heterocycles. The Labute approximate surface area is 170 Å². The zero-order chi connectivity index (χ0) is 20.6. The average molecular weight is 394 g/mol. The highest BCUT2D eigenvalue weighted by molar-refractivity contribution is 5.93. The van der Waals surface area contributed by atoms with E-state index in [1.165, 1.54) is 5.56 Å². The summed E-state index contributed by atoms with van der Waals surface area (Å²) < 4.78 is 16.5. The van der Waals surface area contributed by atoms with Crippen LogP contribution in [-0.4, -0.2) is 31.7 Å². The second-order valence-electron chi connectivity index (χ2n) is 6.36. The summed E-state index contributed by atoms with van der Waals surface area (Å²) in [5.41, 5.74) is 3.77. The van der Waals surface area contributed by atoms with Gasteiger partial charge in [-0.2, -0.15) is 0 Å². The van der Waals surface area contributed by atoms with E-state index in [0.717, 1.165) is 16.9 Å². The second-order valence-corrected chi connectivity index (χ2v) is 6.36. The van der Waals surface area contributed by atoms with Gasteiger partial charge in [-0.15, -0.1) is 0 Å². The molecule has 0 spiro atoms. The molecule has 0 amide bonds. The molecule has 1 aromatic heterocycles. The summed E-state index contributed by atoms with van der Waals surface area (Å²) in [5, 5.41) is 6.47. The molecule has 0 aliphatic rings. The number of hydrogen-bond donors (Lipinski definition) is 2. The molecule has 0 aliphatic heterocycles. The highest BCUT2D eigenvalue weighted by atomic mass is 16.5. The minimum atomic E-state index is 0.476. The Morgan fingerprint density at radius 1 is 1.14 bits per heavy atom. The number of oxazole rings is 1. The largest absolute Gasteiger partial charge is 0.493 e. The van der Waals surface area contributed by atoms with Crippen LogP contribution in [0.15, 0.2) is 58.1 Å². The van der Waals surface area contributed by atoms with Crippen LogP contribution in [-0.2, 0) is 6.54 Å². The van der Waals surface area contributed by atoms with E-state index in [0.29, 0.717) is 36.5 Å². The van der Waals surface area contributed by atoms with Crippen molar-refractivity contribution in [1.82, 2.24) is 10.3 Å². The first kappa shape index (κ1) is 20.3. The molecule has 2 N–H and O–H groups in total. The van der Waals surface area contributed by atoms with Gasteiger partial charge < -0.3 is 24.5 Å². The van der Waals surface area contributed by atoms with Gasteiger partial charge in [-0.1, -0.05) is 17.7 Å². The van der Waals surface area contributed by atoms with Crippen LogP contribution < -0.4 is 20.1 Å². The van der Waals surface area contributed by atoms with Crippen molar-refractivity contribution in [3.8, 4) is 23.0 Å². The van der Waals surface area contributed by atoms with Gasteiger partial charge in [0.05, 0.1) is 26.0 Å². The Hall–Kier alpha value is -3.48. The fourth-order valence-corrected chi connectivity index (χ4v) is 2.73. The molecular weight excluding hydrogens is 368 g/mol. The van der Waals surface area contributed by atoms with Crippen molar-refractivity contribution >= 4 is 11.6 Å². The molecule has 2 aromatic carbocycles. The number of guanidine groups is 1. The summed E-state index contributed by atoms with van der Waals surface area (Å²) in [7, 11) is 3.33. The van der Waals surface area contributed by atoms with Gasteiger partial charge >= 0.3 is 0 Å². The van der Waals surface area contributed by atoms with E-state index in [1.54, 1.807) is 20.4 Å². The Balaban J connectivity index is 1.63. The van der Waals surface area contributed by atoms with Crippen molar-refractivity contribution in [2.24, 2.45) is 4.99 Å². The van der Waals surface area contributed by atoms with Gasteiger partial charge in [-0.05, 0) is 38.1 Å². The predicted molar refractivity (Wildman–Crippen MR) is 115 cm³/mol. The number of aliphatic imine (C=N–C) groups is 1. The third-order valence-corrected chi connectivity index (χ3v) is 4.24. The van der Waals surface area contributed by atoms with Crippen molar-refractivity contribution in [3.63, 3.8) is 0 Å². The summed E-state index contributed by atoms with van der Waals surface area (Å²) in [6, 6.07) is 13.7. The smallest absolute Gasteiger partial charge is 0.226 e. The number of nitrogens with zero attached hydrogens (tertiary/aromatic N) is 2. The van der Waals surface area contributed by atoms with Crippen molar-refractivity contribution < 1.29 is 13.9 Å². The highest BCUT2D eigenvalue weighted by Crippen LogP contribution is 2.30. The van der Waals surface area contributed by atoms with Crippen molar-refractivity contribution in [2.45, 2.75) is 20.4 Å². The van der Waals surface area contributed by atoms with Gasteiger partial charge in [0.1, 0.15) is 6.26 Å². The number of benzene rings is 2. The van der Waals surface area contributed by atoms with Crippen LogP contribution in [0.1, 0.15) is 18.2 Å². The standard InChI is InChI=1S/C22H26N4O3/c1-5-28-20-12-17(10-11-19(20)27-4)26-22(23-3)24-13-18-14-29-21(25-18)16-8-6-15(2)7-9-16/h6-12,14H,5,13H2,1-4H3,(H2,23,24,26). The first-order chi connectivity index (χ1) is 14.1. The van der Waals surface area contributed by atoms with E-state index in [4.69, 9.17) is 13.9 Å². The number of anilines is 1. The van der Waals surface area contributed by atoms with E-state index >= 15 is 0 Å². The second kappa shape index (κ2) is 9.64. The Bertz CT molecular complexity index is 964. The zero-order valence-electron chi connectivity index (χ0n) is 17.2. The lowest BCUT2D eigenvalue weighted by molar-refractivity contribution is 0.311. The third-order valence-electron chi connectivity index (χ3n) is 4.24. The number of ether oxygens (including phenoxy) is 2. The van der Waals surface area contributed by atoms with Crippen LogP contribution in [0.4, 0.5) is 5.69 Å². The van der Waals surface area contributed by atoms with Crippen LogP contribution >= 0.6 is 0 Å². The SMILES string of the molecule is CCOc1cc(NC(=NC)NCc2coc(-c3ccc(C)cc3)n2)ccc1OC. The predicted octanol–water partition coefficient (Wildman–Crippen LogP) is 4.24. The molecule has 0 saturated carbocycles. The Kier molecular flexibility index (Phi) is 6.73. The molecule has 0 radical (unpaired) electrons. The number of nitrogens with one attached hydrogen (secondary N) is 2. The van der Waals surface area contributed by atoms with Crippen molar-refractivity contribution in [2.75, 3.05) is 26.1 Å². The Morgan fingerprint density at radius 2 is 1.93 bits per heavy atom. The summed E-state index contributed by atoms with van der Waals surface area (Å²) in [4.78, 5) is 8.79. The van der Waals surface area contributed by atoms with Gasteiger partial charge in [-0.25, -0.2) is 4.98 Å². The molecular formula is C22H26N4O3. The molecule has 7 nitrogen and oxygen atoms in total. The summed E-state index contributed by atoms with van der Waals surface area (Å²) in [6.07, 6.45) is 1.65. The molecule has 1 heterocycles. The normalized spacial score (nSPS) is 11.2. The maximum Gasteiger partial charge on any atom is 0.226 e. The first-order valence-corrected chi connectivity index (χ1v) is 9.43. The zero-order valence-corrected chi connectivity index (χ0v) is 17.2. The van der Waals surface area contributed by atoms with Crippen molar-refractivity contribution in [3.05, 3.63) is 60.0 Å². The van der Waals surface area contributed by atoms with E-state index in [9.17, 15) is 0 Å². The lowest BCUT2D eigenvalue weighted by Crippen LogP contribution is -2.30. The van der Waals surface area contributed by atoms with Crippen LogP contribution in [0.25, 0.3) is 11.5 Å². The fraction of sp³-hybridized carbons (Fsp3) is 0.273. The topological polar surface area (TPSA) is 80.9 Å². The van der Waals surface area contributed by atoms with E-state index in [2.05, 4.69) is 20.6 Å². The number of aryl methyl sites for hydroxylation is 1. The van der Waals surface area contributed by atoms with E-state index in [1.807, 2.05) is 56.3 Å². The summed E-state index contributed by atoms with van der Waals surface area (Å²) in [6.45, 7) is 5.02. The molecule has 0 unspecified atom stereocenters. The number of aromatic nitrogens is 1. The van der Waals surface area contributed by atoms with E-state index < -0.39 is 0 Å². The highest BCUT2D eigenvalue weighted by Gasteiger charge is 2.09. The molecule has 7 heteroatoms. The minimum Gasteiger partial charge on any atom is -0.493 e. The monoisotopic (exact) mass is 394 g/mol. The maximum absolute atomic E-state index is 5.62. The lowest BCUT2D eigenvalue weighted by atomic mass is 10.1. The molecule has 152 valence electrons. The van der Waals surface area contributed by atoms with Crippen LogP contribution in [0.2, 0.25) is 0 Å². The number of rotatable bonds is 7. The van der Waals surface area contributed by atoms with Crippen LogP contribution in [0.5, 0.6) is 11.5 Å². The van der Waals surface area contributed by atoms with E-state index in [-0.39, 0.29) is 0 Å². The number of hydrogen-bond acceptors (Lipinski definition) is 5. The first-order valence-electron chi connectivity index (χ1n) is 9.43. The van der Waals surface area contributed by atoms with Gasteiger partial charge in [0.2, 0.25) is 5.89 Å². The summed E-state index contributed by atoms with van der Waals surface area (Å²) >= 11 is 0. The molecule has 0 atom stereocenters. The van der Waals surface area contributed by atoms with Gasteiger partial charge in [0.15, 0.2) is 17.5 Å². The lowest BCUT2D eigenvalue weighted by Gasteiger charge is -2.14. The number of methoxy groups -OCH3 is 1. The molecule has 0 aliphatic carbocycles. The fourth-order valence-electron chi connectivity index (χ4n) is 2.73. The van der Waals surface area contributed by atoms with Crippen LogP contribution in [0, 0.1) is 6.92 Å². The Morgan fingerprint density at radius 3 is 2.62 bits per heavy atom. The third kappa shape index (κ3) is 5.28. The molecule has 0 bridgehead atoms. The molecule has 3 rings (SSSR count). The molecule has 3 aromatic rings. The quantitative estimate of drug-likeness (QED) is 0.461. The molecule has 0 fully saturated rings. The van der Waals surface area contributed by atoms with Crippen molar-refractivity contribution in [1.29, 1.82) is 0 Å². The van der Waals surface area contributed by atoms with Gasteiger partial charge in [0.25, 0.3) is 0 Å².